The Balaban J connectivity index is 2.91. The van der Waals surface area contributed by atoms with Crippen LogP contribution in [0.25, 0.3) is 4.85 Å². The second-order valence-electron chi connectivity index (χ2n) is 6.77. The van der Waals surface area contributed by atoms with Crippen molar-refractivity contribution in [1.29, 1.82) is 10.5 Å². The van der Waals surface area contributed by atoms with E-state index in [1.54, 1.807) is 19.1 Å². The molecular formula is C19H15F2N3O. The summed E-state index contributed by atoms with van der Waals surface area (Å²) in [7, 11) is 0. The molecule has 0 bridgehead atoms. The van der Waals surface area contributed by atoms with Crippen molar-refractivity contribution in [3.05, 3.63) is 69.4 Å². The van der Waals surface area contributed by atoms with Crippen LogP contribution >= 0.6 is 0 Å². The number of benzene rings is 1. The molecule has 126 valence electrons. The molecule has 0 aromatic heterocycles. The molecule has 0 aliphatic carbocycles. The molecule has 25 heavy (non-hydrogen) atoms. The fraction of sp³-hybridized carbons (Fsp3) is 0.316. The molecule has 6 heteroatoms. The van der Waals surface area contributed by atoms with E-state index in [1.165, 1.54) is 6.07 Å². The normalized spacial score (nSPS) is 19.7. The standard InChI is InChI=1S/C19H15F2N3O/c1-18(2,3)17-15(24-5)16(11(9-22)10-23)25-19(17,4)13-7-6-12(20)8-14(13)21/h6-8H,1-4H3. The Morgan fingerprint density at radius 1 is 1.24 bits per heavy atom. The second kappa shape index (κ2) is 6.04. The van der Waals surface area contributed by atoms with E-state index in [0.717, 1.165) is 12.1 Å². The smallest absolute Gasteiger partial charge is 0.234 e. The minimum Gasteiger partial charge on any atom is -0.488 e. The summed E-state index contributed by atoms with van der Waals surface area (Å²) in [5.74, 6) is -1.73. The average Bonchev–Trinajstić information content (AvgIpc) is 2.82. The van der Waals surface area contributed by atoms with Gasteiger partial charge in [-0.1, -0.05) is 20.8 Å². The highest BCUT2D eigenvalue weighted by Gasteiger charge is 2.50. The van der Waals surface area contributed by atoms with Gasteiger partial charge in [0.2, 0.25) is 5.70 Å². The van der Waals surface area contributed by atoms with Crippen LogP contribution in [0.3, 0.4) is 0 Å². The summed E-state index contributed by atoms with van der Waals surface area (Å²) in [6.07, 6.45) is 0. The summed E-state index contributed by atoms with van der Waals surface area (Å²) in [5, 5.41) is 18.3. The van der Waals surface area contributed by atoms with E-state index in [4.69, 9.17) is 21.8 Å². The van der Waals surface area contributed by atoms with Crippen molar-refractivity contribution < 1.29 is 13.5 Å². The van der Waals surface area contributed by atoms with Crippen molar-refractivity contribution in [2.45, 2.75) is 33.3 Å². The quantitative estimate of drug-likeness (QED) is 0.549. The molecule has 1 atom stereocenters. The predicted molar refractivity (Wildman–Crippen MR) is 86.1 cm³/mol. The van der Waals surface area contributed by atoms with Gasteiger partial charge in [-0.25, -0.2) is 13.6 Å². The Morgan fingerprint density at radius 3 is 2.28 bits per heavy atom. The van der Waals surface area contributed by atoms with Crippen LogP contribution in [0.1, 0.15) is 33.3 Å². The number of rotatable bonds is 1. The predicted octanol–water partition coefficient (Wildman–Crippen LogP) is 4.73. The number of allylic oxidation sites excluding steroid dienone is 1. The van der Waals surface area contributed by atoms with E-state index in [2.05, 4.69) is 4.85 Å². The molecule has 0 saturated carbocycles. The number of nitrogens with zero attached hydrogens (tertiary/aromatic N) is 3. The maximum Gasteiger partial charge on any atom is 0.234 e. The van der Waals surface area contributed by atoms with Gasteiger partial charge in [-0.05, 0) is 30.0 Å². The van der Waals surface area contributed by atoms with Crippen LogP contribution in [0.4, 0.5) is 8.78 Å². The molecule has 1 aromatic carbocycles. The molecule has 1 unspecified atom stereocenters. The number of hydrogen-bond acceptors (Lipinski definition) is 3. The zero-order chi connectivity index (χ0) is 19.0. The van der Waals surface area contributed by atoms with Crippen molar-refractivity contribution in [1.82, 2.24) is 0 Å². The lowest BCUT2D eigenvalue weighted by molar-refractivity contribution is 0.0551. The molecule has 1 aliphatic heterocycles. The number of ether oxygens (including phenoxy) is 1. The number of hydrogen-bond donors (Lipinski definition) is 0. The minimum atomic E-state index is -1.44. The van der Waals surface area contributed by atoms with Crippen molar-refractivity contribution in [3.63, 3.8) is 0 Å². The molecule has 2 rings (SSSR count). The molecule has 0 amide bonds. The van der Waals surface area contributed by atoms with Crippen LogP contribution in [-0.4, -0.2) is 0 Å². The largest absolute Gasteiger partial charge is 0.488 e. The lowest BCUT2D eigenvalue weighted by Gasteiger charge is -2.36. The third kappa shape index (κ3) is 2.86. The number of halogens is 2. The first-order chi connectivity index (χ1) is 11.6. The van der Waals surface area contributed by atoms with E-state index in [-0.39, 0.29) is 22.6 Å². The molecule has 0 N–H and O–H groups in total. The zero-order valence-electron chi connectivity index (χ0n) is 14.2. The van der Waals surface area contributed by atoms with E-state index >= 15 is 0 Å². The summed E-state index contributed by atoms with van der Waals surface area (Å²) in [4.78, 5) is 3.45. The Labute approximate surface area is 145 Å². The second-order valence-corrected chi connectivity index (χ2v) is 6.77. The highest BCUT2D eigenvalue weighted by molar-refractivity contribution is 5.57. The highest BCUT2D eigenvalue weighted by atomic mass is 19.1. The van der Waals surface area contributed by atoms with Gasteiger partial charge >= 0.3 is 0 Å². The van der Waals surface area contributed by atoms with Crippen LogP contribution in [0.15, 0.2) is 40.8 Å². The molecule has 0 radical (unpaired) electrons. The molecule has 4 nitrogen and oxygen atoms in total. The fourth-order valence-corrected chi connectivity index (χ4v) is 3.18. The third-order valence-corrected chi connectivity index (χ3v) is 3.99. The SMILES string of the molecule is [C-]#[N+]C1=C(C(C)(C)C)C(C)(c2ccc(F)cc2F)OC1=C(C#N)C#N. The lowest BCUT2D eigenvalue weighted by Crippen LogP contribution is -2.32. The monoisotopic (exact) mass is 339 g/mol. The molecule has 0 spiro atoms. The summed E-state index contributed by atoms with van der Waals surface area (Å²) >= 11 is 0. The maximum atomic E-state index is 14.5. The zero-order valence-corrected chi connectivity index (χ0v) is 14.2. The van der Waals surface area contributed by atoms with Crippen LogP contribution in [-0.2, 0) is 10.3 Å². The fourth-order valence-electron chi connectivity index (χ4n) is 3.18. The van der Waals surface area contributed by atoms with Gasteiger partial charge in [0, 0.05) is 11.6 Å². The van der Waals surface area contributed by atoms with Crippen molar-refractivity contribution in [2.24, 2.45) is 5.41 Å². The van der Waals surface area contributed by atoms with Gasteiger partial charge < -0.3 is 4.74 Å². The van der Waals surface area contributed by atoms with E-state index in [0.29, 0.717) is 5.57 Å². The van der Waals surface area contributed by atoms with Crippen LogP contribution in [0, 0.1) is 46.3 Å². The van der Waals surface area contributed by atoms with Gasteiger partial charge in [0.1, 0.15) is 29.4 Å². The van der Waals surface area contributed by atoms with E-state index in [1.807, 2.05) is 20.8 Å². The number of nitriles is 2. The van der Waals surface area contributed by atoms with Gasteiger partial charge in [-0.2, -0.15) is 10.5 Å². The Morgan fingerprint density at radius 2 is 1.84 bits per heavy atom. The van der Waals surface area contributed by atoms with Crippen LogP contribution < -0.4 is 0 Å². The van der Waals surface area contributed by atoms with Crippen molar-refractivity contribution in [3.8, 4) is 12.1 Å². The Bertz CT molecular complexity index is 917. The van der Waals surface area contributed by atoms with Crippen molar-refractivity contribution >= 4 is 0 Å². The van der Waals surface area contributed by atoms with Gasteiger partial charge in [0.15, 0.2) is 11.3 Å². The third-order valence-electron chi connectivity index (χ3n) is 3.99. The van der Waals surface area contributed by atoms with Crippen LogP contribution in [0.2, 0.25) is 0 Å². The minimum absolute atomic E-state index is 0.0109. The molecule has 1 aliphatic rings. The summed E-state index contributed by atoms with van der Waals surface area (Å²) < 4.78 is 33.6. The van der Waals surface area contributed by atoms with Gasteiger partial charge in [0.05, 0.1) is 6.57 Å². The molecule has 1 heterocycles. The first kappa shape index (κ1) is 18.2. The Hall–Kier alpha value is -3.17. The first-order valence-corrected chi connectivity index (χ1v) is 7.42. The summed E-state index contributed by atoms with van der Waals surface area (Å²) in [5.41, 5.74) is -1.96. The van der Waals surface area contributed by atoms with Gasteiger partial charge in [-0.3, -0.25) is 0 Å². The van der Waals surface area contributed by atoms with Crippen molar-refractivity contribution in [2.75, 3.05) is 0 Å². The molecule has 1 aromatic rings. The topological polar surface area (TPSA) is 61.2 Å². The highest BCUT2D eigenvalue weighted by Crippen LogP contribution is 2.53. The molecular weight excluding hydrogens is 324 g/mol. The lowest BCUT2D eigenvalue weighted by atomic mass is 9.73. The average molecular weight is 339 g/mol. The first-order valence-electron chi connectivity index (χ1n) is 7.42. The molecule has 0 saturated heterocycles. The van der Waals surface area contributed by atoms with Crippen LogP contribution in [0.5, 0.6) is 0 Å². The molecule has 0 fully saturated rings. The summed E-state index contributed by atoms with van der Waals surface area (Å²) in [6.45, 7) is 14.5. The van der Waals surface area contributed by atoms with Gasteiger partial charge in [-0.15, -0.1) is 0 Å². The maximum absolute atomic E-state index is 14.5. The Kier molecular flexibility index (Phi) is 4.39. The van der Waals surface area contributed by atoms with Gasteiger partial charge in [0.25, 0.3) is 0 Å². The van der Waals surface area contributed by atoms with E-state index in [9.17, 15) is 8.78 Å². The van der Waals surface area contributed by atoms with E-state index < -0.39 is 22.7 Å². The summed E-state index contributed by atoms with van der Waals surface area (Å²) in [6, 6.07) is 6.49.